The average Bonchev–Trinajstić information content (AvgIpc) is 3.64. The van der Waals surface area contributed by atoms with Crippen molar-refractivity contribution in [1.82, 2.24) is 9.78 Å². The molecule has 2 aromatic heterocycles. The number of hydrogen-bond acceptors (Lipinski definition) is 11. The lowest BCUT2D eigenvalue weighted by Crippen LogP contribution is -2.15. The average molecular weight is 551 g/mol. The Bertz CT molecular complexity index is 1510. The van der Waals surface area contributed by atoms with Crippen LogP contribution in [-0.2, 0) is 20.8 Å². The highest BCUT2D eigenvalue weighted by Crippen LogP contribution is 2.43. The van der Waals surface area contributed by atoms with Gasteiger partial charge in [0.1, 0.15) is 23.6 Å². The van der Waals surface area contributed by atoms with E-state index < -0.39 is 17.9 Å². The molecule has 0 saturated carbocycles. The van der Waals surface area contributed by atoms with Crippen molar-refractivity contribution in [2.75, 3.05) is 35.5 Å². The van der Waals surface area contributed by atoms with E-state index in [0.29, 0.717) is 17.0 Å². The summed E-state index contributed by atoms with van der Waals surface area (Å²) in [6.45, 7) is -0.0639. The van der Waals surface area contributed by atoms with Crippen molar-refractivity contribution in [3.63, 3.8) is 0 Å². The van der Waals surface area contributed by atoms with Gasteiger partial charge in [-0.25, -0.2) is 19.1 Å². The number of nitrogens with zero attached hydrogens (tertiary/aromatic N) is 2. The van der Waals surface area contributed by atoms with E-state index in [0.717, 1.165) is 0 Å². The number of aromatic nitrogens is 2. The largest absolute Gasteiger partial charge is 0.493 e. The van der Waals surface area contributed by atoms with Gasteiger partial charge in [0, 0.05) is 5.56 Å². The van der Waals surface area contributed by atoms with Crippen molar-refractivity contribution in [1.29, 1.82) is 0 Å². The Morgan fingerprint density at radius 2 is 1.43 bits per heavy atom. The van der Waals surface area contributed by atoms with Crippen molar-refractivity contribution < 1.29 is 47.2 Å². The minimum Gasteiger partial charge on any atom is -0.493 e. The van der Waals surface area contributed by atoms with Gasteiger partial charge in [0.2, 0.25) is 11.5 Å². The van der Waals surface area contributed by atoms with Crippen LogP contribution in [0.15, 0.2) is 59.0 Å². The summed E-state index contributed by atoms with van der Waals surface area (Å²) in [4.78, 5) is 37.5. The molecule has 0 aliphatic heterocycles. The summed E-state index contributed by atoms with van der Waals surface area (Å²) in [5.41, 5.74) is 0.776. The second-order valence-electron chi connectivity index (χ2n) is 8.06. The predicted molar refractivity (Wildman–Crippen MR) is 139 cm³/mol. The first-order valence-electron chi connectivity index (χ1n) is 11.8. The van der Waals surface area contributed by atoms with Crippen LogP contribution in [0.1, 0.15) is 37.2 Å². The molecule has 40 heavy (non-hydrogen) atoms. The zero-order chi connectivity index (χ0) is 28.8. The van der Waals surface area contributed by atoms with Crippen LogP contribution in [0.2, 0.25) is 0 Å². The molecular formula is C28H26N2O10. The molecule has 12 heteroatoms. The number of benzene rings is 2. The van der Waals surface area contributed by atoms with Gasteiger partial charge in [0.25, 0.3) is 0 Å². The highest BCUT2D eigenvalue weighted by Gasteiger charge is 2.32. The zero-order valence-electron chi connectivity index (χ0n) is 22.4. The fourth-order valence-corrected chi connectivity index (χ4v) is 3.92. The summed E-state index contributed by atoms with van der Waals surface area (Å²) in [5, 5.41) is 4.59. The summed E-state index contributed by atoms with van der Waals surface area (Å²) in [6.07, 6.45) is 0. The number of para-hydroxylation sites is 1. The summed E-state index contributed by atoms with van der Waals surface area (Å²) in [6, 6.07) is 15.0. The van der Waals surface area contributed by atoms with E-state index in [4.69, 9.17) is 28.1 Å². The third-order valence-corrected chi connectivity index (χ3v) is 5.80. The Morgan fingerprint density at radius 1 is 0.800 bits per heavy atom. The highest BCUT2D eigenvalue weighted by atomic mass is 16.6. The molecule has 0 fully saturated rings. The van der Waals surface area contributed by atoms with E-state index >= 15 is 0 Å². The van der Waals surface area contributed by atoms with Gasteiger partial charge in [0.05, 0.1) is 41.2 Å². The second kappa shape index (κ2) is 12.1. The molecule has 4 aromatic rings. The number of furan rings is 1. The molecule has 0 atom stereocenters. The molecule has 12 nitrogen and oxygen atoms in total. The number of carbonyl (C=O) groups is 3. The van der Waals surface area contributed by atoms with Crippen LogP contribution in [0.25, 0.3) is 16.9 Å². The van der Waals surface area contributed by atoms with Crippen LogP contribution in [0.5, 0.6) is 17.2 Å². The summed E-state index contributed by atoms with van der Waals surface area (Å²) in [7, 11) is 6.51. The molecule has 0 aliphatic carbocycles. The maximum atomic E-state index is 13.0. The van der Waals surface area contributed by atoms with E-state index in [-0.39, 0.29) is 46.6 Å². The van der Waals surface area contributed by atoms with Crippen LogP contribution >= 0.6 is 0 Å². The van der Waals surface area contributed by atoms with E-state index in [1.165, 1.54) is 46.3 Å². The lowest BCUT2D eigenvalue weighted by molar-refractivity contribution is 0.0549. The van der Waals surface area contributed by atoms with Crippen molar-refractivity contribution >= 4 is 17.9 Å². The molecule has 0 aliphatic rings. The van der Waals surface area contributed by atoms with Gasteiger partial charge in [0.15, 0.2) is 17.2 Å². The maximum absolute atomic E-state index is 13.0. The molecule has 2 aromatic carbocycles. The molecule has 208 valence electrons. The minimum atomic E-state index is -0.796. The van der Waals surface area contributed by atoms with Crippen LogP contribution in [0, 0.1) is 0 Å². The normalized spacial score (nSPS) is 10.5. The van der Waals surface area contributed by atoms with Crippen molar-refractivity contribution in [2.45, 2.75) is 6.61 Å². The van der Waals surface area contributed by atoms with Gasteiger partial charge in [-0.2, -0.15) is 5.10 Å². The molecule has 0 bridgehead atoms. The first kappa shape index (κ1) is 27.8. The monoisotopic (exact) mass is 550 g/mol. The number of esters is 3. The molecule has 0 spiro atoms. The topological polar surface area (TPSA) is 138 Å². The van der Waals surface area contributed by atoms with Crippen LogP contribution < -0.4 is 14.2 Å². The van der Waals surface area contributed by atoms with Gasteiger partial charge in [-0.05, 0) is 36.4 Å². The predicted octanol–water partition coefficient (Wildman–Crippen LogP) is 4.09. The van der Waals surface area contributed by atoms with Crippen LogP contribution in [-0.4, -0.2) is 63.2 Å². The number of ether oxygens (including phenoxy) is 6. The first-order chi connectivity index (χ1) is 19.4. The Hall–Kier alpha value is -5.26. The van der Waals surface area contributed by atoms with Crippen LogP contribution in [0.3, 0.4) is 0 Å². The van der Waals surface area contributed by atoms with E-state index in [9.17, 15) is 14.4 Å². The summed E-state index contributed by atoms with van der Waals surface area (Å²) < 4.78 is 38.4. The van der Waals surface area contributed by atoms with E-state index in [1.807, 2.05) is 0 Å². The first-order valence-corrected chi connectivity index (χ1v) is 11.8. The van der Waals surface area contributed by atoms with Crippen molar-refractivity contribution in [3.05, 3.63) is 77.4 Å². The van der Waals surface area contributed by atoms with Gasteiger partial charge in [-0.15, -0.1) is 0 Å². The molecule has 0 unspecified atom stereocenters. The SMILES string of the molecule is COC(=O)c1ccc(COc2c(OC)cc(-c3nn(-c4ccccc4)c(C(=O)OC)c3C(=O)OC)cc2OC)o1. The third kappa shape index (κ3) is 5.32. The molecule has 2 heterocycles. The molecule has 0 N–H and O–H groups in total. The number of carbonyl (C=O) groups excluding carboxylic acids is 3. The Balaban J connectivity index is 1.83. The lowest BCUT2D eigenvalue weighted by atomic mass is 10.0. The minimum absolute atomic E-state index is 0.0288. The van der Waals surface area contributed by atoms with E-state index in [2.05, 4.69) is 9.84 Å². The third-order valence-electron chi connectivity index (χ3n) is 5.80. The molecule has 4 rings (SSSR count). The lowest BCUT2D eigenvalue weighted by Gasteiger charge is -2.15. The molecule has 0 saturated heterocycles. The smallest absolute Gasteiger partial charge is 0.373 e. The Morgan fingerprint density at radius 3 is 2.00 bits per heavy atom. The number of methoxy groups -OCH3 is 5. The maximum Gasteiger partial charge on any atom is 0.373 e. The molecular weight excluding hydrogens is 524 g/mol. The molecule has 0 amide bonds. The number of hydrogen-bond donors (Lipinski definition) is 0. The standard InChI is InChI=1S/C28H26N2O10/c1-34-20-13-16(14-21(35-2)25(20)39-15-18-11-12-19(40-18)26(31)36-3)23-22(27(32)37-4)24(28(33)38-5)30(29-23)17-9-7-6-8-10-17/h6-14H,15H2,1-5H3. The van der Waals surface area contributed by atoms with Gasteiger partial charge in [-0.1, -0.05) is 18.2 Å². The fourth-order valence-electron chi connectivity index (χ4n) is 3.92. The van der Waals surface area contributed by atoms with E-state index in [1.54, 1.807) is 48.5 Å². The quantitative estimate of drug-likeness (QED) is 0.208. The Kier molecular flexibility index (Phi) is 8.38. The zero-order valence-corrected chi connectivity index (χ0v) is 22.4. The Labute approximate surface area is 228 Å². The van der Waals surface area contributed by atoms with Crippen LogP contribution in [0.4, 0.5) is 0 Å². The van der Waals surface area contributed by atoms with Gasteiger partial charge < -0.3 is 32.8 Å². The summed E-state index contributed by atoms with van der Waals surface area (Å²) in [5.74, 6) is -1.13. The second-order valence-corrected chi connectivity index (χ2v) is 8.06. The van der Waals surface area contributed by atoms with Gasteiger partial charge in [-0.3, -0.25) is 0 Å². The van der Waals surface area contributed by atoms with Crippen molar-refractivity contribution in [3.8, 4) is 34.2 Å². The fraction of sp³-hybridized carbons (Fsp3) is 0.214. The molecule has 0 radical (unpaired) electrons. The highest BCUT2D eigenvalue weighted by molar-refractivity contribution is 6.07. The van der Waals surface area contributed by atoms with Crippen molar-refractivity contribution in [2.24, 2.45) is 0 Å². The summed E-state index contributed by atoms with van der Waals surface area (Å²) >= 11 is 0. The van der Waals surface area contributed by atoms with Gasteiger partial charge >= 0.3 is 17.9 Å². The number of rotatable bonds is 10.